The van der Waals surface area contributed by atoms with Gasteiger partial charge in [-0.3, -0.25) is 9.78 Å². The first-order valence-electron chi connectivity index (χ1n) is 9.17. The molecule has 0 aliphatic rings. The number of nitrogens with one attached hydrogen (secondary N) is 1. The van der Waals surface area contributed by atoms with Crippen molar-refractivity contribution in [2.24, 2.45) is 0 Å². The molecule has 1 aromatic carbocycles. The van der Waals surface area contributed by atoms with Crippen molar-refractivity contribution in [2.75, 3.05) is 5.32 Å². The van der Waals surface area contributed by atoms with Crippen LogP contribution in [0, 0.1) is 12.7 Å². The maximum absolute atomic E-state index is 13.7. The average Bonchev–Trinajstić information content (AvgIpc) is 2.77. The fourth-order valence-electron chi connectivity index (χ4n) is 2.87. The van der Waals surface area contributed by atoms with Gasteiger partial charge in [-0.1, -0.05) is 12.1 Å². The highest BCUT2D eigenvalue weighted by molar-refractivity contribution is 6.03. The molecule has 0 aliphatic carbocycles. The quantitative estimate of drug-likeness (QED) is 0.508. The van der Waals surface area contributed by atoms with E-state index < -0.39 is 11.7 Å². The maximum Gasteiger partial charge on any atom is 0.259 e. The molecule has 7 heteroatoms. The third kappa shape index (κ3) is 4.30. The van der Waals surface area contributed by atoms with Crippen LogP contribution in [0.1, 0.15) is 15.9 Å². The van der Waals surface area contributed by atoms with Crippen molar-refractivity contribution in [3.63, 3.8) is 0 Å². The van der Waals surface area contributed by atoms with Gasteiger partial charge in [0.05, 0.1) is 11.8 Å². The van der Waals surface area contributed by atoms with Gasteiger partial charge in [0.25, 0.3) is 5.91 Å². The molecule has 0 saturated carbocycles. The first kappa shape index (κ1) is 19.2. The van der Waals surface area contributed by atoms with Crippen molar-refractivity contribution in [3.05, 3.63) is 96.3 Å². The number of hydrogen-bond donors (Lipinski definition) is 1. The van der Waals surface area contributed by atoms with E-state index in [1.165, 1.54) is 12.3 Å². The molecule has 1 N–H and O–H groups in total. The molecule has 0 bridgehead atoms. The predicted octanol–water partition coefficient (Wildman–Crippen LogP) is 5.03. The van der Waals surface area contributed by atoms with Crippen LogP contribution in [0.4, 0.5) is 10.2 Å². The number of aromatic nitrogens is 3. The molecule has 30 heavy (non-hydrogen) atoms. The second-order valence-electron chi connectivity index (χ2n) is 6.49. The van der Waals surface area contributed by atoms with Gasteiger partial charge in [0.1, 0.15) is 11.6 Å². The number of hydrogen-bond acceptors (Lipinski definition) is 5. The minimum atomic E-state index is -0.688. The molecular weight excluding hydrogens is 383 g/mol. The second kappa shape index (κ2) is 8.48. The van der Waals surface area contributed by atoms with E-state index in [0.29, 0.717) is 17.4 Å². The summed E-state index contributed by atoms with van der Waals surface area (Å²) < 4.78 is 19.5. The number of carbonyl (C=O) groups excluding carboxylic acids is 1. The van der Waals surface area contributed by atoms with Gasteiger partial charge in [-0.2, -0.15) is 0 Å². The third-order valence-corrected chi connectivity index (χ3v) is 4.40. The summed E-state index contributed by atoms with van der Waals surface area (Å²) in [6.45, 7) is 1.99. The van der Waals surface area contributed by atoms with E-state index in [1.807, 2.05) is 43.3 Å². The Morgan fingerprint density at radius 2 is 1.90 bits per heavy atom. The van der Waals surface area contributed by atoms with Crippen molar-refractivity contribution in [1.29, 1.82) is 0 Å². The topological polar surface area (TPSA) is 77.0 Å². The molecule has 148 valence electrons. The van der Waals surface area contributed by atoms with Crippen LogP contribution >= 0.6 is 0 Å². The van der Waals surface area contributed by atoms with E-state index in [4.69, 9.17) is 4.74 Å². The molecular formula is C23H17FN4O2. The summed E-state index contributed by atoms with van der Waals surface area (Å²) in [5.74, 6) is 0.203. The molecule has 4 rings (SSSR count). The van der Waals surface area contributed by atoms with E-state index in [9.17, 15) is 9.18 Å². The number of amides is 1. The summed E-state index contributed by atoms with van der Waals surface area (Å²) in [6, 6.07) is 16.0. The summed E-state index contributed by atoms with van der Waals surface area (Å²) in [7, 11) is 0. The Morgan fingerprint density at radius 1 is 1.00 bits per heavy atom. The van der Waals surface area contributed by atoms with Crippen molar-refractivity contribution in [1.82, 2.24) is 15.0 Å². The molecule has 0 unspecified atom stereocenters. The Bertz CT molecular complexity index is 1180. The normalized spacial score (nSPS) is 10.5. The van der Waals surface area contributed by atoms with Crippen LogP contribution in [0.3, 0.4) is 0 Å². The molecule has 0 radical (unpaired) electrons. The third-order valence-electron chi connectivity index (χ3n) is 4.40. The second-order valence-corrected chi connectivity index (χ2v) is 6.49. The van der Waals surface area contributed by atoms with Gasteiger partial charge in [-0.15, -0.1) is 0 Å². The SMILES string of the molecule is Cc1ccc(Oc2ccccn2)cc1-c1ccc(NC(=O)c2ccncc2F)nc1. The smallest absolute Gasteiger partial charge is 0.259 e. The molecule has 1 amide bonds. The first-order chi connectivity index (χ1) is 14.6. The van der Waals surface area contributed by atoms with E-state index in [-0.39, 0.29) is 5.56 Å². The zero-order chi connectivity index (χ0) is 20.9. The fraction of sp³-hybridized carbons (Fsp3) is 0.0435. The van der Waals surface area contributed by atoms with Gasteiger partial charge < -0.3 is 10.1 Å². The number of ether oxygens (including phenoxy) is 1. The summed E-state index contributed by atoms with van der Waals surface area (Å²) in [5, 5.41) is 2.59. The summed E-state index contributed by atoms with van der Waals surface area (Å²) in [4.78, 5) is 24.3. The van der Waals surface area contributed by atoms with Gasteiger partial charge in [0.15, 0.2) is 5.82 Å². The number of anilines is 1. The number of nitrogens with zero attached hydrogens (tertiary/aromatic N) is 3. The van der Waals surface area contributed by atoms with Crippen molar-refractivity contribution < 1.29 is 13.9 Å². The van der Waals surface area contributed by atoms with Crippen LogP contribution in [0.5, 0.6) is 11.6 Å². The van der Waals surface area contributed by atoms with Crippen LogP contribution in [-0.2, 0) is 0 Å². The first-order valence-corrected chi connectivity index (χ1v) is 9.17. The van der Waals surface area contributed by atoms with Gasteiger partial charge >= 0.3 is 0 Å². The van der Waals surface area contributed by atoms with E-state index in [1.54, 1.807) is 24.5 Å². The lowest BCUT2D eigenvalue weighted by atomic mass is 10.0. The standard InChI is InChI=1S/C23H17FN4O2/c1-15-5-7-17(30-22-4-2-3-10-26-22)12-19(15)16-6-8-21(27-13-16)28-23(29)18-9-11-25-14-20(18)24/h2-14H,1H3,(H,27,28,29). The zero-order valence-electron chi connectivity index (χ0n) is 16.0. The molecule has 0 saturated heterocycles. The number of benzene rings is 1. The Kier molecular flexibility index (Phi) is 5.43. The summed E-state index contributed by atoms with van der Waals surface area (Å²) in [6.07, 6.45) is 5.66. The molecule has 3 heterocycles. The van der Waals surface area contributed by atoms with Crippen LogP contribution < -0.4 is 10.1 Å². The van der Waals surface area contributed by atoms with Crippen molar-refractivity contribution in [3.8, 4) is 22.8 Å². The van der Waals surface area contributed by atoms with Gasteiger partial charge in [-0.25, -0.2) is 14.4 Å². The largest absolute Gasteiger partial charge is 0.439 e. The maximum atomic E-state index is 13.7. The number of aryl methyl sites for hydroxylation is 1. The van der Waals surface area contributed by atoms with Gasteiger partial charge in [-0.05, 0) is 54.4 Å². The van der Waals surface area contributed by atoms with E-state index >= 15 is 0 Å². The summed E-state index contributed by atoms with van der Waals surface area (Å²) >= 11 is 0. The number of pyridine rings is 3. The minimum Gasteiger partial charge on any atom is -0.439 e. The Balaban J connectivity index is 1.53. The Morgan fingerprint density at radius 3 is 2.63 bits per heavy atom. The molecule has 0 fully saturated rings. The number of rotatable bonds is 5. The highest BCUT2D eigenvalue weighted by Crippen LogP contribution is 2.29. The van der Waals surface area contributed by atoms with Crippen molar-refractivity contribution >= 4 is 11.7 Å². The average molecular weight is 400 g/mol. The number of halogens is 1. The fourth-order valence-corrected chi connectivity index (χ4v) is 2.87. The molecule has 3 aromatic heterocycles. The van der Waals surface area contributed by atoms with Crippen LogP contribution in [0.25, 0.3) is 11.1 Å². The highest BCUT2D eigenvalue weighted by atomic mass is 19.1. The van der Waals surface area contributed by atoms with Crippen LogP contribution in [0.15, 0.2) is 79.4 Å². The number of carbonyl (C=O) groups is 1. The Hall–Kier alpha value is -4.13. The molecule has 0 aliphatic heterocycles. The van der Waals surface area contributed by atoms with E-state index in [2.05, 4.69) is 20.3 Å². The van der Waals surface area contributed by atoms with Crippen molar-refractivity contribution in [2.45, 2.75) is 6.92 Å². The molecule has 0 spiro atoms. The van der Waals surface area contributed by atoms with Crippen LogP contribution in [-0.4, -0.2) is 20.9 Å². The highest BCUT2D eigenvalue weighted by Gasteiger charge is 2.12. The minimum absolute atomic E-state index is 0.0916. The predicted molar refractivity (Wildman–Crippen MR) is 111 cm³/mol. The molecule has 6 nitrogen and oxygen atoms in total. The summed E-state index contributed by atoms with van der Waals surface area (Å²) in [5.41, 5.74) is 2.74. The molecule has 4 aromatic rings. The monoisotopic (exact) mass is 400 g/mol. The van der Waals surface area contributed by atoms with Gasteiger partial charge in [0, 0.05) is 30.2 Å². The van der Waals surface area contributed by atoms with Crippen LogP contribution in [0.2, 0.25) is 0 Å². The molecule has 0 atom stereocenters. The lowest BCUT2D eigenvalue weighted by Gasteiger charge is -2.11. The lowest BCUT2D eigenvalue weighted by Crippen LogP contribution is -2.14. The lowest BCUT2D eigenvalue weighted by molar-refractivity contribution is 0.102. The van der Waals surface area contributed by atoms with E-state index in [0.717, 1.165) is 22.9 Å². The Labute approximate surface area is 172 Å². The van der Waals surface area contributed by atoms with Gasteiger partial charge in [0.2, 0.25) is 5.88 Å². The zero-order valence-corrected chi connectivity index (χ0v) is 16.0.